The molecule has 0 aliphatic heterocycles. The molecule has 0 saturated carbocycles. The van der Waals surface area contributed by atoms with Crippen molar-refractivity contribution in [3.05, 3.63) is 59.4 Å². The molecule has 164 valence electrons. The third kappa shape index (κ3) is 5.48. The summed E-state index contributed by atoms with van der Waals surface area (Å²) < 4.78 is 43.2. The summed E-state index contributed by atoms with van der Waals surface area (Å²) in [5.41, 5.74) is -0.0472. The van der Waals surface area contributed by atoms with E-state index >= 15 is 0 Å². The van der Waals surface area contributed by atoms with Crippen molar-refractivity contribution in [1.82, 2.24) is 29.6 Å². The predicted molar refractivity (Wildman–Crippen MR) is 105 cm³/mol. The molecule has 1 atom stereocenters. The fraction of sp³-hybridized carbons (Fsp3) is 0.316. The van der Waals surface area contributed by atoms with E-state index in [-0.39, 0.29) is 16.5 Å². The van der Waals surface area contributed by atoms with Crippen LogP contribution in [-0.4, -0.2) is 48.4 Å². The van der Waals surface area contributed by atoms with Crippen LogP contribution in [0.1, 0.15) is 42.5 Å². The highest BCUT2D eigenvalue weighted by molar-refractivity contribution is 6.31. The van der Waals surface area contributed by atoms with E-state index < -0.39 is 24.1 Å². The van der Waals surface area contributed by atoms with Gasteiger partial charge in [-0.2, -0.15) is 9.78 Å². The molecule has 0 bridgehead atoms. The van der Waals surface area contributed by atoms with Crippen LogP contribution < -0.4 is 4.74 Å². The van der Waals surface area contributed by atoms with E-state index in [2.05, 4.69) is 24.8 Å². The summed E-state index contributed by atoms with van der Waals surface area (Å²) in [5, 5.41) is 4.07. The minimum absolute atomic E-state index is 0.0472. The van der Waals surface area contributed by atoms with E-state index in [1.54, 1.807) is 25.4 Å². The van der Waals surface area contributed by atoms with Crippen molar-refractivity contribution < 1.29 is 22.7 Å². The highest BCUT2D eigenvalue weighted by Gasteiger charge is 2.32. The second kappa shape index (κ2) is 9.29. The average molecular weight is 455 g/mol. The standard InChI is InChI=1S/C19H18ClF3N6O2/c1-3-7-28(12(2)16-26-11-27-29(16)18-24-5-4-6-25-18)17(30)13-8-14(20)10-15(9-13)31-19(21,22)23/h4-6,8-12H,3,7H2,1-2H3. The Morgan fingerprint density at radius 3 is 2.58 bits per heavy atom. The van der Waals surface area contributed by atoms with E-state index in [9.17, 15) is 18.0 Å². The number of amides is 1. The molecule has 0 aliphatic carbocycles. The van der Waals surface area contributed by atoms with E-state index in [4.69, 9.17) is 11.6 Å². The molecule has 1 unspecified atom stereocenters. The number of benzene rings is 1. The second-order valence-electron chi connectivity index (χ2n) is 6.48. The third-order valence-electron chi connectivity index (χ3n) is 4.23. The van der Waals surface area contributed by atoms with Gasteiger partial charge in [0.15, 0.2) is 5.82 Å². The highest BCUT2D eigenvalue weighted by atomic mass is 35.5. The normalized spacial score (nSPS) is 12.5. The van der Waals surface area contributed by atoms with Gasteiger partial charge in [-0.05, 0) is 37.6 Å². The number of hydrogen-bond acceptors (Lipinski definition) is 6. The molecule has 1 amide bonds. The van der Waals surface area contributed by atoms with E-state index in [1.165, 1.54) is 22.0 Å². The summed E-state index contributed by atoms with van der Waals surface area (Å²) in [6.45, 7) is 3.91. The molecule has 1 aromatic carbocycles. The summed E-state index contributed by atoms with van der Waals surface area (Å²) >= 11 is 5.93. The summed E-state index contributed by atoms with van der Waals surface area (Å²) in [5.74, 6) is -0.447. The third-order valence-corrected chi connectivity index (χ3v) is 4.45. The zero-order chi connectivity index (χ0) is 22.6. The van der Waals surface area contributed by atoms with Crippen molar-refractivity contribution in [2.24, 2.45) is 0 Å². The van der Waals surface area contributed by atoms with Crippen molar-refractivity contribution in [2.45, 2.75) is 32.7 Å². The molecule has 2 heterocycles. The fourth-order valence-corrected chi connectivity index (χ4v) is 3.21. The maximum Gasteiger partial charge on any atom is 0.573 e. The minimum Gasteiger partial charge on any atom is -0.406 e. The van der Waals surface area contributed by atoms with Gasteiger partial charge < -0.3 is 9.64 Å². The van der Waals surface area contributed by atoms with E-state index in [1.807, 2.05) is 6.92 Å². The van der Waals surface area contributed by atoms with Gasteiger partial charge in [-0.15, -0.1) is 13.2 Å². The predicted octanol–water partition coefficient (Wildman–Crippen LogP) is 4.22. The monoisotopic (exact) mass is 454 g/mol. The Morgan fingerprint density at radius 1 is 1.23 bits per heavy atom. The number of nitrogens with zero attached hydrogens (tertiary/aromatic N) is 6. The molecule has 2 aromatic heterocycles. The molecule has 0 fully saturated rings. The fourth-order valence-electron chi connectivity index (χ4n) is 2.99. The van der Waals surface area contributed by atoms with Gasteiger partial charge >= 0.3 is 6.36 Å². The van der Waals surface area contributed by atoms with Gasteiger partial charge in [-0.25, -0.2) is 15.0 Å². The SMILES string of the molecule is CCCN(C(=O)c1cc(Cl)cc(OC(F)(F)F)c1)C(C)c1ncnn1-c1ncccn1. The Balaban J connectivity index is 1.94. The first kappa shape index (κ1) is 22.5. The average Bonchev–Trinajstić information content (AvgIpc) is 3.20. The zero-order valence-corrected chi connectivity index (χ0v) is 17.3. The van der Waals surface area contributed by atoms with Gasteiger partial charge in [0, 0.05) is 29.5 Å². The van der Waals surface area contributed by atoms with Gasteiger partial charge in [0.05, 0.1) is 6.04 Å². The number of carbonyl (C=O) groups is 1. The van der Waals surface area contributed by atoms with Crippen molar-refractivity contribution >= 4 is 17.5 Å². The van der Waals surface area contributed by atoms with Crippen LogP contribution >= 0.6 is 11.6 Å². The maximum atomic E-state index is 13.2. The molecule has 3 rings (SSSR count). The van der Waals surface area contributed by atoms with Crippen molar-refractivity contribution in [2.75, 3.05) is 6.54 Å². The number of hydrogen-bond donors (Lipinski definition) is 0. The van der Waals surface area contributed by atoms with Crippen molar-refractivity contribution in [3.63, 3.8) is 0 Å². The lowest BCUT2D eigenvalue weighted by Gasteiger charge is -2.28. The Kier molecular flexibility index (Phi) is 6.74. The van der Waals surface area contributed by atoms with Crippen LogP contribution in [0.3, 0.4) is 0 Å². The minimum atomic E-state index is -4.91. The number of carbonyl (C=O) groups excluding carboxylic acids is 1. The van der Waals surface area contributed by atoms with Crippen LogP contribution in [0.15, 0.2) is 43.0 Å². The zero-order valence-electron chi connectivity index (χ0n) is 16.5. The van der Waals surface area contributed by atoms with Crippen LogP contribution in [0.2, 0.25) is 5.02 Å². The first-order chi connectivity index (χ1) is 14.7. The summed E-state index contributed by atoms with van der Waals surface area (Å²) in [4.78, 5) is 27.2. The summed E-state index contributed by atoms with van der Waals surface area (Å²) in [6, 6.07) is 4.33. The quantitative estimate of drug-likeness (QED) is 0.531. The summed E-state index contributed by atoms with van der Waals surface area (Å²) in [6.07, 6.45) is 0.0840. The van der Waals surface area contributed by atoms with Crippen molar-refractivity contribution in [1.29, 1.82) is 0 Å². The van der Waals surface area contributed by atoms with Crippen LogP contribution in [0.25, 0.3) is 5.95 Å². The van der Waals surface area contributed by atoms with Crippen LogP contribution in [0, 0.1) is 0 Å². The van der Waals surface area contributed by atoms with Crippen LogP contribution in [-0.2, 0) is 0 Å². The highest BCUT2D eigenvalue weighted by Crippen LogP contribution is 2.29. The topological polar surface area (TPSA) is 86.0 Å². The van der Waals surface area contributed by atoms with E-state index in [0.29, 0.717) is 18.8 Å². The first-order valence-electron chi connectivity index (χ1n) is 9.24. The molecule has 0 radical (unpaired) electrons. The van der Waals surface area contributed by atoms with Gasteiger partial charge in [0.2, 0.25) is 0 Å². The van der Waals surface area contributed by atoms with Crippen molar-refractivity contribution in [3.8, 4) is 11.7 Å². The number of aromatic nitrogens is 5. The molecule has 0 saturated heterocycles. The Bertz CT molecular complexity index is 1040. The number of alkyl halides is 3. The molecule has 0 N–H and O–H groups in total. The number of rotatable bonds is 7. The molecular formula is C19H18ClF3N6O2. The molecule has 12 heteroatoms. The number of ether oxygens (including phenoxy) is 1. The lowest BCUT2D eigenvalue weighted by molar-refractivity contribution is -0.274. The molecule has 31 heavy (non-hydrogen) atoms. The smallest absolute Gasteiger partial charge is 0.406 e. The molecule has 0 spiro atoms. The Labute approximate surface area is 180 Å². The second-order valence-corrected chi connectivity index (χ2v) is 6.91. The maximum absolute atomic E-state index is 13.2. The Hall–Kier alpha value is -3.21. The lowest BCUT2D eigenvalue weighted by atomic mass is 10.1. The van der Waals surface area contributed by atoms with Gasteiger partial charge in [-0.1, -0.05) is 18.5 Å². The van der Waals surface area contributed by atoms with Gasteiger partial charge in [0.25, 0.3) is 11.9 Å². The summed E-state index contributed by atoms with van der Waals surface area (Å²) in [7, 11) is 0. The molecule has 8 nitrogen and oxygen atoms in total. The van der Waals surface area contributed by atoms with Gasteiger partial charge in [-0.3, -0.25) is 4.79 Å². The largest absolute Gasteiger partial charge is 0.573 e. The molecular weight excluding hydrogens is 437 g/mol. The molecule has 0 aliphatic rings. The number of halogens is 4. The lowest BCUT2D eigenvalue weighted by Crippen LogP contribution is -2.35. The van der Waals surface area contributed by atoms with Gasteiger partial charge in [0.1, 0.15) is 12.1 Å². The van der Waals surface area contributed by atoms with Crippen LogP contribution in [0.4, 0.5) is 13.2 Å². The van der Waals surface area contributed by atoms with E-state index in [0.717, 1.165) is 12.1 Å². The van der Waals surface area contributed by atoms with Crippen LogP contribution in [0.5, 0.6) is 5.75 Å². The first-order valence-corrected chi connectivity index (χ1v) is 9.62. The Morgan fingerprint density at radius 2 is 1.94 bits per heavy atom. The molecule has 3 aromatic rings.